The van der Waals surface area contributed by atoms with Gasteiger partial charge in [0.1, 0.15) is 12.4 Å². The number of hydrazone groups is 1. The summed E-state index contributed by atoms with van der Waals surface area (Å²) in [5, 5.41) is 5.02. The van der Waals surface area contributed by atoms with Gasteiger partial charge >= 0.3 is 5.16 Å². The van der Waals surface area contributed by atoms with Gasteiger partial charge < -0.3 is 4.74 Å². The van der Waals surface area contributed by atoms with Crippen molar-refractivity contribution in [3.05, 3.63) is 90.0 Å². The number of carbonyl (C=O) groups excluding carboxylic acids is 1. The van der Waals surface area contributed by atoms with Gasteiger partial charge in [0.2, 0.25) is 0 Å². The number of amides is 1. The van der Waals surface area contributed by atoms with Crippen molar-refractivity contribution in [2.75, 3.05) is 5.75 Å². The van der Waals surface area contributed by atoms with Gasteiger partial charge in [-0.1, -0.05) is 42.5 Å². The summed E-state index contributed by atoms with van der Waals surface area (Å²) in [7, 11) is 0. The van der Waals surface area contributed by atoms with Crippen LogP contribution in [-0.2, 0) is 17.9 Å². The largest absolute Gasteiger partial charge is 0.489 e. The van der Waals surface area contributed by atoms with E-state index in [1.165, 1.54) is 11.8 Å². The highest BCUT2D eigenvalue weighted by Gasteiger charge is 2.18. The number of carbonyl (C=O) groups is 1. The van der Waals surface area contributed by atoms with Gasteiger partial charge in [0.15, 0.2) is 11.0 Å². The molecule has 0 unspecified atom stereocenters. The van der Waals surface area contributed by atoms with Gasteiger partial charge in [-0.25, -0.2) is 15.0 Å². The van der Waals surface area contributed by atoms with E-state index in [1.54, 1.807) is 6.21 Å². The van der Waals surface area contributed by atoms with Crippen molar-refractivity contribution >= 4 is 34.9 Å². The lowest BCUT2D eigenvalue weighted by Crippen LogP contribution is -2.34. The molecule has 0 radical (unpaired) electrons. The Bertz CT molecular complexity index is 1200. The number of para-hydroxylation sites is 2. The van der Waals surface area contributed by atoms with Gasteiger partial charge in [0, 0.05) is 0 Å². The number of H-pyrrole nitrogens is 1. The monoisotopic (exact) mass is 445 g/mol. The number of nitrogens with zero attached hydrogens (tertiary/aromatic N) is 2. The minimum atomic E-state index is -0.157. The smallest absolute Gasteiger partial charge is 0.317 e. The molecule has 0 spiro atoms. The van der Waals surface area contributed by atoms with Gasteiger partial charge in [-0.15, -0.1) is 0 Å². The van der Waals surface area contributed by atoms with Gasteiger partial charge in [0.25, 0.3) is 5.91 Å². The molecule has 0 aliphatic rings. The summed E-state index contributed by atoms with van der Waals surface area (Å²) in [4.78, 5) is 15.6. The Morgan fingerprint density at radius 2 is 1.81 bits per heavy atom. The highest BCUT2D eigenvalue weighted by Crippen LogP contribution is 2.17. The standard InChI is InChI=1S/C25H24N4O2S/c1-2-29-23-11-7-6-10-22(23)27-25(29)32-18-24(30)28-26-16-19-12-14-21(15-13-19)31-17-20-8-4-3-5-9-20/h3-16H,2,17-18H2,1H3,(H,28,30)/p+1. The van der Waals surface area contributed by atoms with Gasteiger partial charge in [-0.3, -0.25) is 4.79 Å². The molecule has 4 rings (SSSR count). The average Bonchev–Trinajstić information content (AvgIpc) is 3.20. The number of nitrogens with one attached hydrogen (secondary N) is 2. The molecule has 3 aromatic carbocycles. The summed E-state index contributed by atoms with van der Waals surface area (Å²) in [6.45, 7) is 3.44. The van der Waals surface area contributed by atoms with Crippen molar-refractivity contribution < 1.29 is 14.1 Å². The molecular weight excluding hydrogens is 420 g/mol. The van der Waals surface area contributed by atoms with Crippen LogP contribution in [0.2, 0.25) is 0 Å². The SMILES string of the molecule is CC[n+]1c(SCC(=O)NN=Cc2ccc(OCc3ccccc3)cc2)[nH]c2ccccc21. The molecule has 7 heteroatoms. The number of aromatic amines is 1. The van der Waals surface area contributed by atoms with Crippen molar-refractivity contribution in [3.63, 3.8) is 0 Å². The number of aryl methyl sites for hydroxylation is 1. The third-order valence-corrected chi connectivity index (χ3v) is 5.87. The molecular formula is C25H25N4O2S+. The Hall–Kier alpha value is -3.58. The summed E-state index contributed by atoms with van der Waals surface area (Å²) in [6, 6.07) is 25.7. The first kappa shape index (κ1) is 21.6. The van der Waals surface area contributed by atoms with Crippen molar-refractivity contribution in [1.82, 2.24) is 10.4 Å². The maximum absolute atomic E-state index is 12.2. The topological polar surface area (TPSA) is 70.4 Å². The Kier molecular flexibility index (Phi) is 7.19. The summed E-state index contributed by atoms with van der Waals surface area (Å²) in [5.74, 6) is 0.903. The molecule has 4 aromatic rings. The van der Waals surface area contributed by atoms with E-state index in [-0.39, 0.29) is 11.7 Å². The first-order valence-electron chi connectivity index (χ1n) is 10.4. The normalized spacial score (nSPS) is 11.2. The van der Waals surface area contributed by atoms with Gasteiger partial charge in [0.05, 0.1) is 18.5 Å². The lowest BCUT2D eigenvalue weighted by atomic mass is 10.2. The van der Waals surface area contributed by atoms with Crippen LogP contribution in [-0.4, -0.2) is 22.9 Å². The highest BCUT2D eigenvalue weighted by atomic mass is 32.2. The van der Waals surface area contributed by atoms with Crippen LogP contribution in [0.15, 0.2) is 89.1 Å². The van der Waals surface area contributed by atoms with Crippen LogP contribution in [0.5, 0.6) is 5.75 Å². The van der Waals surface area contributed by atoms with Crippen LogP contribution >= 0.6 is 11.8 Å². The molecule has 0 fully saturated rings. The van der Waals surface area contributed by atoms with Gasteiger partial charge in [-0.05, 0) is 66.2 Å². The quantitative estimate of drug-likeness (QED) is 0.175. The molecule has 32 heavy (non-hydrogen) atoms. The van der Waals surface area contributed by atoms with Gasteiger partial charge in [-0.2, -0.15) is 5.10 Å². The Labute approximate surface area is 191 Å². The van der Waals surface area contributed by atoms with E-state index in [4.69, 9.17) is 4.74 Å². The lowest BCUT2D eigenvalue weighted by Gasteiger charge is -2.06. The number of ether oxygens (including phenoxy) is 1. The van der Waals surface area contributed by atoms with E-state index >= 15 is 0 Å². The first-order valence-corrected chi connectivity index (χ1v) is 11.4. The van der Waals surface area contributed by atoms with Crippen molar-refractivity contribution in [2.24, 2.45) is 5.10 Å². The number of imidazole rings is 1. The van der Waals surface area contributed by atoms with E-state index in [9.17, 15) is 4.79 Å². The Morgan fingerprint density at radius 3 is 2.59 bits per heavy atom. The number of rotatable bonds is 9. The second-order valence-electron chi connectivity index (χ2n) is 7.12. The van der Waals surface area contributed by atoms with Crippen molar-refractivity contribution in [2.45, 2.75) is 25.2 Å². The zero-order chi connectivity index (χ0) is 22.2. The predicted molar refractivity (Wildman–Crippen MR) is 128 cm³/mol. The minimum absolute atomic E-state index is 0.157. The fourth-order valence-electron chi connectivity index (χ4n) is 3.27. The minimum Gasteiger partial charge on any atom is -0.489 e. The molecule has 2 N–H and O–H groups in total. The molecule has 0 saturated carbocycles. The summed E-state index contributed by atoms with van der Waals surface area (Å²) >= 11 is 1.46. The van der Waals surface area contributed by atoms with Crippen LogP contribution in [0, 0.1) is 0 Å². The maximum Gasteiger partial charge on any atom is 0.317 e. The number of benzene rings is 3. The first-order chi connectivity index (χ1) is 15.7. The highest BCUT2D eigenvalue weighted by molar-refractivity contribution is 7.99. The maximum atomic E-state index is 12.2. The molecule has 0 aliphatic carbocycles. The summed E-state index contributed by atoms with van der Waals surface area (Å²) in [6.07, 6.45) is 1.62. The fraction of sp³-hybridized carbons (Fsp3) is 0.160. The Morgan fingerprint density at radius 1 is 1.06 bits per heavy atom. The van der Waals surface area contributed by atoms with Crippen molar-refractivity contribution in [1.29, 1.82) is 0 Å². The number of thioether (sulfide) groups is 1. The summed E-state index contributed by atoms with van der Waals surface area (Å²) < 4.78 is 7.95. The number of fused-ring (bicyclic) bond motifs is 1. The third kappa shape index (κ3) is 5.56. The molecule has 162 valence electrons. The van der Waals surface area contributed by atoms with Crippen LogP contribution in [0.4, 0.5) is 0 Å². The molecule has 0 atom stereocenters. The van der Waals surface area contributed by atoms with Crippen LogP contribution < -0.4 is 14.7 Å². The molecule has 6 nitrogen and oxygen atoms in total. The van der Waals surface area contributed by atoms with E-state index < -0.39 is 0 Å². The van der Waals surface area contributed by atoms with E-state index in [0.717, 1.165) is 39.6 Å². The Balaban J connectivity index is 1.25. The fourth-order valence-corrected chi connectivity index (χ4v) is 4.17. The number of aromatic nitrogens is 2. The lowest BCUT2D eigenvalue weighted by molar-refractivity contribution is -0.705. The molecule has 1 aromatic heterocycles. The van der Waals surface area contributed by atoms with Crippen molar-refractivity contribution in [3.8, 4) is 5.75 Å². The van der Waals surface area contributed by atoms with E-state index in [0.29, 0.717) is 6.61 Å². The predicted octanol–water partition coefficient (Wildman–Crippen LogP) is 4.30. The van der Waals surface area contributed by atoms with Crippen LogP contribution in [0.1, 0.15) is 18.1 Å². The molecule has 0 aliphatic heterocycles. The molecule has 0 saturated heterocycles. The van der Waals surface area contributed by atoms with Crippen LogP contribution in [0.25, 0.3) is 11.0 Å². The second-order valence-corrected chi connectivity index (χ2v) is 8.08. The number of hydrogen-bond acceptors (Lipinski definition) is 4. The van der Waals surface area contributed by atoms with Crippen LogP contribution in [0.3, 0.4) is 0 Å². The third-order valence-electron chi connectivity index (χ3n) is 4.87. The molecule has 0 bridgehead atoms. The second kappa shape index (κ2) is 10.6. The van der Waals surface area contributed by atoms with E-state index in [1.807, 2.05) is 72.8 Å². The summed E-state index contributed by atoms with van der Waals surface area (Å²) in [5.41, 5.74) is 6.78. The zero-order valence-electron chi connectivity index (χ0n) is 17.8. The average molecular weight is 446 g/mol. The molecule has 1 heterocycles. The number of hydrogen-bond donors (Lipinski definition) is 2. The molecule has 1 amide bonds. The van der Waals surface area contributed by atoms with E-state index in [2.05, 4.69) is 33.1 Å². The zero-order valence-corrected chi connectivity index (χ0v) is 18.6.